The summed E-state index contributed by atoms with van der Waals surface area (Å²) in [6.45, 7) is 6.44. The number of hydrogen-bond acceptors (Lipinski definition) is 3. The topological polar surface area (TPSA) is 47.3 Å². The molecule has 1 aromatic heterocycles. The maximum Gasteiger partial charge on any atom is 0.0857 e. The fraction of sp³-hybridized carbons (Fsp3) is 0.800. The van der Waals surface area contributed by atoms with Crippen molar-refractivity contribution in [1.82, 2.24) is 9.78 Å². The van der Waals surface area contributed by atoms with Crippen molar-refractivity contribution in [3.63, 3.8) is 0 Å². The molecule has 1 aromatic rings. The zero-order chi connectivity index (χ0) is 14.3. The Morgan fingerprint density at radius 3 is 2.53 bits per heavy atom. The van der Waals surface area contributed by atoms with Crippen molar-refractivity contribution in [2.45, 2.75) is 71.1 Å². The van der Waals surface area contributed by atoms with Gasteiger partial charge in [-0.25, -0.2) is 0 Å². The molecule has 0 fully saturated rings. The number of aliphatic hydroxyl groups excluding tert-OH is 1. The zero-order valence-electron chi connectivity index (χ0n) is 12.7. The van der Waals surface area contributed by atoms with Crippen LogP contribution >= 0.6 is 0 Å². The molecule has 1 rings (SSSR count). The summed E-state index contributed by atoms with van der Waals surface area (Å²) in [7, 11) is 1.66. The molecule has 0 aliphatic carbocycles. The third-order valence-electron chi connectivity index (χ3n) is 3.70. The molecule has 1 N–H and O–H groups in total. The van der Waals surface area contributed by atoms with Crippen LogP contribution in [0.4, 0.5) is 0 Å². The Balaban J connectivity index is 2.62. The normalized spacial score (nSPS) is 14.8. The van der Waals surface area contributed by atoms with Gasteiger partial charge in [0, 0.05) is 19.7 Å². The molecule has 0 bridgehead atoms. The van der Waals surface area contributed by atoms with E-state index in [-0.39, 0.29) is 6.10 Å². The minimum atomic E-state index is -0.477. The summed E-state index contributed by atoms with van der Waals surface area (Å²) in [5.74, 6) is 0. The van der Waals surface area contributed by atoms with E-state index in [1.165, 1.54) is 0 Å². The molecule has 2 unspecified atom stereocenters. The Labute approximate surface area is 116 Å². The van der Waals surface area contributed by atoms with Gasteiger partial charge in [-0.3, -0.25) is 4.68 Å². The van der Waals surface area contributed by atoms with Crippen LogP contribution in [0.1, 0.15) is 58.2 Å². The van der Waals surface area contributed by atoms with Gasteiger partial charge in [-0.2, -0.15) is 5.10 Å². The molecule has 2 atom stereocenters. The Hall–Kier alpha value is -0.870. The molecule has 0 saturated heterocycles. The van der Waals surface area contributed by atoms with Crippen molar-refractivity contribution in [2.24, 2.45) is 0 Å². The van der Waals surface area contributed by atoms with Gasteiger partial charge in [0.1, 0.15) is 0 Å². The molecule has 0 radical (unpaired) electrons. The van der Waals surface area contributed by atoms with Crippen LogP contribution in [0.3, 0.4) is 0 Å². The number of rotatable bonds is 9. The molecule has 110 valence electrons. The lowest BCUT2D eigenvalue weighted by Gasteiger charge is -2.20. The van der Waals surface area contributed by atoms with Crippen LogP contribution in [-0.4, -0.2) is 34.2 Å². The monoisotopic (exact) mass is 268 g/mol. The molecule has 1 heterocycles. The SMILES string of the molecule is CCCC(OC)C(O)Cc1ccn(C(CC)CC)n1. The fourth-order valence-electron chi connectivity index (χ4n) is 2.45. The maximum atomic E-state index is 10.2. The van der Waals surface area contributed by atoms with E-state index in [0.717, 1.165) is 31.4 Å². The first-order valence-corrected chi connectivity index (χ1v) is 7.41. The predicted octanol–water partition coefficient (Wildman–Crippen LogP) is 2.96. The maximum absolute atomic E-state index is 10.2. The second-order valence-corrected chi connectivity index (χ2v) is 5.09. The first-order valence-electron chi connectivity index (χ1n) is 7.41. The Morgan fingerprint density at radius 1 is 1.32 bits per heavy atom. The zero-order valence-corrected chi connectivity index (χ0v) is 12.7. The predicted molar refractivity (Wildman–Crippen MR) is 77.3 cm³/mol. The van der Waals surface area contributed by atoms with E-state index in [0.29, 0.717) is 12.5 Å². The highest BCUT2D eigenvalue weighted by molar-refractivity contribution is 5.02. The second-order valence-electron chi connectivity index (χ2n) is 5.09. The van der Waals surface area contributed by atoms with Crippen LogP contribution < -0.4 is 0 Å². The summed E-state index contributed by atoms with van der Waals surface area (Å²) >= 11 is 0. The average Bonchev–Trinajstić information content (AvgIpc) is 2.85. The summed E-state index contributed by atoms with van der Waals surface area (Å²) in [4.78, 5) is 0. The number of ether oxygens (including phenoxy) is 1. The molecule has 4 heteroatoms. The molecule has 0 amide bonds. The quantitative estimate of drug-likeness (QED) is 0.749. The van der Waals surface area contributed by atoms with Crippen molar-refractivity contribution in [1.29, 1.82) is 0 Å². The third-order valence-corrected chi connectivity index (χ3v) is 3.70. The smallest absolute Gasteiger partial charge is 0.0857 e. The van der Waals surface area contributed by atoms with E-state index in [2.05, 4.69) is 25.9 Å². The summed E-state index contributed by atoms with van der Waals surface area (Å²) in [5, 5.41) is 14.8. The summed E-state index contributed by atoms with van der Waals surface area (Å²) in [5.41, 5.74) is 0.942. The standard InChI is InChI=1S/C15H28N2O2/c1-5-8-15(19-4)14(18)11-12-9-10-17(16-12)13(6-2)7-3/h9-10,13-15,18H,5-8,11H2,1-4H3. The summed E-state index contributed by atoms with van der Waals surface area (Å²) in [6.07, 6.45) is 6.06. The number of aromatic nitrogens is 2. The summed E-state index contributed by atoms with van der Waals surface area (Å²) < 4.78 is 7.35. The molecular weight excluding hydrogens is 240 g/mol. The summed E-state index contributed by atoms with van der Waals surface area (Å²) in [6, 6.07) is 2.46. The van der Waals surface area contributed by atoms with Crippen LogP contribution in [0.5, 0.6) is 0 Å². The number of nitrogens with zero attached hydrogens (tertiary/aromatic N) is 2. The second kappa shape index (κ2) is 8.33. The lowest BCUT2D eigenvalue weighted by molar-refractivity contribution is -0.0164. The molecule has 0 aliphatic heterocycles. The van der Waals surface area contributed by atoms with Crippen LogP contribution in [0.25, 0.3) is 0 Å². The lowest BCUT2D eigenvalue weighted by Crippen LogP contribution is -2.30. The van der Waals surface area contributed by atoms with Crippen molar-refractivity contribution < 1.29 is 9.84 Å². The van der Waals surface area contributed by atoms with E-state index in [1.54, 1.807) is 7.11 Å². The van der Waals surface area contributed by atoms with Gasteiger partial charge in [0.25, 0.3) is 0 Å². The first kappa shape index (κ1) is 16.2. The van der Waals surface area contributed by atoms with E-state index in [4.69, 9.17) is 4.74 Å². The largest absolute Gasteiger partial charge is 0.390 e. The number of hydrogen-bond donors (Lipinski definition) is 1. The van der Waals surface area contributed by atoms with Gasteiger partial charge in [-0.1, -0.05) is 27.2 Å². The van der Waals surface area contributed by atoms with Crippen LogP contribution in [0.15, 0.2) is 12.3 Å². The Bertz CT molecular complexity index is 348. The van der Waals surface area contributed by atoms with Gasteiger partial charge in [0.05, 0.1) is 23.9 Å². The van der Waals surface area contributed by atoms with Gasteiger partial charge in [0.15, 0.2) is 0 Å². The van der Waals surface area contributed by atoms with Crippen molar-refractivity contribution in [3.8, 4) is 0 Å². The molecule has 0 saturated carbocycles. The van der Waals surface area contributed by atoms with Crippen LogP contribution in [0.2, 0.25) is 0 Å². The molecular formula is C15H28N2O2. The first-order chi connectivity index (χ1) is 9.15. The Morgan fingerprint density at radius 2 is 2.00 bits per heavy atom. The molecule has 0 aromatic carbocycles. The van der Waals surface area contributed by atoms with Gasteiger partial charge in [0.2, 0.25) is 0 Å². The highest BCUT2D eigenvalue weighted by Gasteiger charge is 2.19. The van der Waals surface area contributed by atoms with Gasteiger partial charge < -0.3 is 9.84 Å². The molecule has 4 nitrogen and oxygen atoms in total. The van der Waals surface area contributed by atoms with Crippen LogP contribution in [-0.2, 0) is 11.2 Å². The third kappa shape index (κ3) is 4.62. The Kier molecular flexibility index (Phi) is 7.10. The molecule has 19 heavy (non-hydrogen) atoms. The number of methoxy groups -OCH3 is 1. The van der Waals surface area contributed by atoms with E-state index in [1.807, 2.05) is 16.9 Å². The van der Waals surface area contributed by atoms with Crippen molar-refractivity contribution >= 4 is 0 Å². The minimum Gasteiger partial charge on any atom is -0.390 e. The fourth-order valence-corrected chi connectivity index (χ4v) is 2.45. The molecule has 0 spiro atoms. The van der Waals surface area contributed by atoms with Gasteiger partial charge in [-0.05, 0) is 25.3 Å². The number of aliphatic hydroxyl groups is 1. The van der Waals surface area contributed by atoms with Crippen molar-refractivity contribution in [3.05, 3.63) is 18.0 Å². The average molecular weight is 268 g/mol. The van der Waals surface area contributed by atoms with E-state index >= 15 is 0 Å². The lowest BCUT2D eigenvalue weighted by atomic mass is 10.0. The highest BCUT2D eigenvalue weighted by Crippen LogP contribution is 2.16. The molecule has 0 aliphatic rings. The van der Waals surface area contributed by atoms with Crippen molar-refractivity contribution in [2.75, 3.05) is 7.11 Å². The van der Waals surface area contributed by atoms with E-state index < -0.39 is 6.10 Å². The van der Waals surface area contributed by atoms with Crippen LogP contribution in [0, 0.1) is 0 Å². The van der Waals surface area contributed by atoms with Gasteiger partial charge >= 0.3 is 0 Å². The van der Waals surface area contributed by atoms with E-state index in [9.17, 15) is 5.11 Å². The minimum absolute atomic E-state index is 0.0942. The van der Waals surface area contributed by atoms with Gasteiger partial charge in [-0.15, -0.1) is 0 Å². The highest BCUT2D eigenvalue weighted by atomic mass is 16.5.